The maximum Gasteiger partial charge on any atom is 0.123 e. The Morgan fingerprint density at radius 3 is 2.65 bits per heavy atom. The van der Waals surface area contributed by atoms with Gasteiger partial charge in [-0.05, 0) is 33.3 Å². The third-order valence-corrected chi connectivity index (χ3v) is 2.35. The lowest BCUT2D eigenvalue weighted by Crippen LogP contribution is -2.20. The molecule has 4 N–H and O–H groups in total. The highest BCUT2D eigenvalue weighted by atomic mass is 16.5. The van der Waals surface area contributed by atoms with E-state index in [1.165, 1.54) is 0 Å². The molecule has 96 valence electrons. The van der Waals surface area contributed by atoms with Gasteiger partial charge in [0.25, 0.3) is 0 Å². The largest absolute Gasteiger partial charge is 0.494 e. The van der Waals surface area contributed by atoms with Crippen molar-refractivity contribution in [1.29, 1.82) is 0 Å². The predicted octanol–water partition coefficient (Wildman–Crippen LogP) is 2.24. The fourth-order valence-corrected chi connectivity index (χ4v) is 1.81. The van der Waals surface area contributed by atoms with Crippen LogP contribution in [-0.2, 0) is 0 Å². The highest BCUT2D eigenvalue weighted by Crippen LogP contribution is 2.23. The molecule has 0 amide bonds. The van der Waals surface area contributed by atoms with E-state index in [2.05, 4.69) is 5.32 Å². The first-order valence-electron chi connectivity index (χ1n) is 5.99. The van der Waals surface area contributed by atoms with Gasteiger partial charge in [-0.1, -0.05) is 0 Å². The first kappa shape index (κ1) is 13.6. The summed E-state index contributed by atoms with van der Waals surface area (Å²) in [7, 11) is 0. The number of hydrogen-bond donors (Lipinski definition) is 3. The van der Waals surface area contributed by atoms with Gasteiger partial charge in [0, 0.05) is 29.5 Å². The third kappa shape index (κ3) is 4.95. The number of nitrogens with two attached hydrogens (primary N) is 1. The molecule has 0 aliphatic carbocycles. The molecular weight excluding hydrogens is 216 g/mol. The number of anilines is 2. The van der Waals surface area contributed by atoms with E-state index in [0.717, 1.165) is 11.4 Å². The molecule has 0 radical (unpaired) electrons. The Labute approximate surface area is 103 Å². The van der Waals surface area contributed by atoms with Gasteiger partial charge in [0.05, 0.1) is 12.7 Å². The van der Waals surface area contributed by atoms with Crippen molar-refractivity contribution in [2.75, 3.05) is 17.7 Å². The fraction of sp³-hybridized carbons (Fsp3) is 0.538. The van der Waals surface area contributed by atoms with E-state index in [1.807, 2.05) is 26.0 Å². The molecule has 0 fully saturated rings. The van der Waals surface area contributed by atoms with Crippen molar-refractivity contribution >= 4 is 11.4 Å². The van der Waals surface area contributed by atoms with Crippen LogP contribution in [0.4, 0.5) is 11.4 Å². The summed E-state index contributed by atoms with van der Waals surface area (Å²) in [5, 5.41) is 12.6. The number of benzene rings is 1. The fourth-order valence-electron chi connectivity index (χ4n) is 1.81. The van der Waals surface area contributed by atoms with E-state index in [9.17, 15) is 5.11 Å². The van der Waals surface area contributed by atoms with Crippen LogP contribution in [-0.4, -0.2) is 23.9 Å². The topological polar surface area (TPSA) is 67.5 Å². The SMILES string of the molecule is CCOc1cc(N)cc(NC(C)CC(C)O)c1. The van der Waals surface area contributed by atoms with Gasteiger partial charge in [-0.2, -0.15) is 0 Å². The van der Waals surface area contributed by atoms with Gasteiger partial charge >= 0.3 is 0 Å². The second kappa shape index (κ2) is 6.35. The minimum absolute atomic E-state index is 0.186. The van der Waals surface area contributed by atoms with Crippen LogP contribution >= 0.6 is 0 Å². The molecule has 4 heteroatoms. The zero-order valence-corrected chi connectivity index (χ0v) is 10.7. The summed E-state index contributed by atoms with van der Waals surface area (Å²) >= 11 is 0. The van der Waals surface area contributed by atoms with Crippen LogP contribution in [0.2, 0.25) is 0 Å². The molecule has 4 nitrogen and oxygen atoms in total. The molecule has 1 aromatic rings. The number of rotatable bonds is 6. The van der Waals surface area contributed by atoms with E-state index in [-0.39, 0.29) is 12.1 Å². The van der Waals surface area contributed by atoms with Gasteiger partial charge in [0.2, 0.25) is 0 Å². The van der Waals surface area contributed by atoms with Crippen molar-refractivity contribution in [2.24, 2.45) is 0 Å². The average molecular weight is 238 g/mol. The molecule has 0 aromatic heterocycles. The second-order valence-corrected chi connectivity index (χ2v) is 4.35. The van der Waals surface area contributed by atoms with E-state index in [1.54, 1.807) is 13.0 Å². The maximum absolute atomic E-state index is 9.30. The quantitative estimate of drug-likeness (QED) is 0.665. The molecule has 2 unspecified atom stereocenters. The number of ether oxygens (including phenoxy) is 1. The molecule has 0 heterocycles. The van der Waals surface area contributed by atoms with Crippen LogP contribution < -0.4 is 15.8 Å². The van der Waals surface area contributed by atoms with E-state index < -0.39 is 0 Å². The van der Waals surface area contributed by atoms with Crippen molar-refractivity contribution in [1.82, 2.24) is 0 Å². The van der Waals surface area contributed by atoms with Crippen LogP contribution in [0.3, 0.4) is 0 Å². The van der Waals surface area contributed by atoms with Crippen LogP contribution in [0.5, 0.6) is 5.75 Å². The van der Waals surface area contributed by atoms with Crippen molar-refractivity contribution in [3.8, 4) is 5.75 Å². The van der Waals surface area contributed by atoms with E-state index in [4.69, 9.17) is 10.5 Å². The number of hydrogen-bond acceptors (Lipinski definition) is 4. The molecule has 1 aromatic carbocycles. The lowest BCUT2D eigenvalue weighted by atomic mass is 10.1. The zero-order chi connectivity index (χ0) is 12.8. The van der Waals surface area contributed by atoms with Crippen molar-refractivity contribution in [3.63, 3.8) is 0 Å². The summed E-state index contributed by atoms with van der Waals surface area (Å²) in [5.41, 5.74) is 7.38. The standard InChI is InChI=1S/C13H22N2O2/c1-4-17-13-7-11(14)6-12(8-13)15-9(2)5-10(3)16/h6-10,15-16H,4-5,14H2,1-3H3. The Hall–Kier alpha value is -1.42. The van der Waals surface area contributed by atoms with Crippen molar-refractivity contribution in [2.45, 2.75) is 39.3 Å². The van der Waals surface area contributed by atoms with Gasteiger partial charge in [-0.15, -0.1) is 0 Å². The lowest BCUT2D eigenvalue weighted by molar-refractivity contribution is 0.179. The van der Waals surface area contributed by atoms with Crippen LogP contribution in [0.1, 0.15) is 27.2 Å². The molecule has 0 spiro atoms. The second-order valence-electron chi connectivity index (χ2n) is 4.35. The van der Waals surface area contributed by atoms with Gasteiger partial charge in [0.1, 0.15) is 5.75 Å². The Bertz CT molecular complexity index is 353. The van der Waals surface area contributed by atoms with Gasteiger partial charge < -0.3 is 20.9 Å². The number of aliphatic hydroxyl groups is 1. The molecule has 0 saturated heterocycles. The monoisotopic (exact) mass is 238 g/mol. The summed E-state index contributed by atoms with van der Waals surface area (Å²) in [4.78, 5) is 0. The first-order valence-corrected chi connectivity index (χ1v) is 5.99. The first-order chi connectivity index (χ1) is 8.01. The summed E-state index contributed by atoms with van der Waals surface area (Å²) in [6.45, 7) is 6.36. The maximum atomic E-state index is 9.30. The number of nitrogen functional groups attached to an aromatic ring is 1. The Morgan fingerprint density at radius 1 is 1.35 bits per heavy atom. The minimum atomic E-state index is -0.315. The normalized spacial score (nSPS) is 14.1. The molecule has 0 aliphatic rings. The van der Waals surface area contributed by atoms with Gasteiger partial charge in [0.15, 0.2) is 0 Å². The van der Waals surface area contributed by atoms with E-state index >= 15 is 0 Å². The molecule has 2 atom stereocenters. The lowest BCUT2D eigenvalue weighted by Gasteiger charge is -2.17. The highest BCUT2D eigenvalue weighted by molar-refractivity contribution is 5.59. The zero-order valence-electron chi connectivity index (χ0n) is 10.7. The molecular formula is C13H22N2O2. The van der Waals surface area contributed by atoms with Crippen molar-refractivity contribution in [3.05, 3.63) is 18.2 Å². The van der Waals surface area contributed by atoms with E-state index in [0.29, 0.717) is 18.7 Å². The van der Waals surface area contributed by atoms with Gasteiger partial charge in [-0.25, -0.2) is 0 Å². The smallest absolute Gasteiger partial charge is 0.123 e. The Morgan fingerprint density at radius 2 is 2.06 bits per heavy atom. The Balaban J connectivity index is 2.69. The van der Waals surface area contributed by atoms with Crippen LogP contribution in [0.25, 0.3) is 0 Å². The van der Waals surface area contributed by atoms with Crippen molar-refractivity contribution < 1.29 is 9.84 Å². The molecule has 0 saturated carbocycles. The summed E-state index contributed by atoms with van der Waals surface area (Å²) in [5.74, 6) is 0.763. The van der Waals surface area contributed by atoms with Crippen LogP contribution in [0.15, 0.2) is 18.2 Å². The average Bonchev–Trinajstić information content (AvgIpc) is 2.14. The minimum Gasteiger partial charge on any atom is -0.494 e. The van der Waals surface area contributed by atoms with Crippen LogP contribution in [0, 0.1) is 0 Å². The highest BCUT2D eigenvalue weighted by Gasteiger charge is 2.07. The predicted molar refractivity (Wildman–Crippen MR) is 71.4 cm³/mol. The molecule has 0 aliphatic heterocycles. The summed E-state index contributed by atoms with van der Waals surface area (Å²) in [6.07, 6.45) is 0.378. The molecule has 0 bridgehead atoms. The third-order valence-electron chi connectivity index (χ3n) is 2.35. The number of aliphatic hydroxyl groups excluding tert-OH is 1. The molecule has 17 heavy (non-hydrogen) atoms. The summed E-state index contributed by atoms with van der Waals surface area (Å²) < 4.78 is 5.42. The Kier molecular flexibility index (Phi) is 5.10. The number of nitrogens with one attached hydrogen (secondary N) is 1. The summed E-state index contributed by atoms with van der Waals surface area (Å²) in [6, 6.07) is 5.76. The molecule has 1 rings (SSSR count). The van der Waals surface area contributed by atoms with Gasteiger partial charge in [-0.3, -0.25) is 0 Å².